The number of thiocarbonyl (C=S) groups is 1. The van der Waals surface area contributed by atoms with Gasteiger partial charge in [-0.2, -0.15) is 0 Å². The molecule has 0 aromatic heterocycles. The van der Waals surface area contributed by atoms with Crippen LogP contribution in [0.15, 0.2) is 35.3 Å². The number of hydrogen-bond acceptors (Lipinski definition) is 3. The average molecular weight is 384 g/mol. The molecule has 27 heavy (non-hydrogen) atoms. The molecule has 3 nitrogen and oxygen atoms in total. The lowest BCUT2D eigenvalue weighted by Crippen LogP contribution is -2.50. The Labute approximate surface area is 169 Å². The third-order valence-corrected chi connectivity index (χ3v) is 6.93. The summed E-state index contributed by atoms with van der Waals surface area (Å²) in [6.07, 6.45) is 8.93. The van der Waals surface area contributed by atoms with E-state index in [1.165, 1.54) is 69.6 Å². The molecule has 0 bridgehead atoms. The van der Waals surface area contributed by atoms with Gasteiger partial charge < -0.3 is 0 Å². The Morgan fingerprint density at radius 1 is 0.963 bits per heavy atom. The van der Waals surface area contributed by atoms with Crippen LogP contribution in [0.1, 0.15) is 65.7 Å². The minimum Gasteiger partial charge on any atom is -0.293 e. The van der Waals surface area contributed by atoms with Crippen LogP contribution in [-0.4, -0.2) is 40.4 Å². The van der Waals surface area contributed by atoms with Gasteiger partial charge in [0.2, 0.25) is 0 Å². The highest BCUT2D eigenvalue weighted by Crippen LogP contribution is 2.50. The number of hydrogen-bond donors (Lipinski definition) is 0. The van der Waals surface area contributed by atoms with Crippen LogP contribution >= 0.6 is 12.2 Å². The number of amidine groups is 1. The maximum Gasteiger partial charge on any atom is 0.127 e. The van der Waals surface area contributed by atoms with E-state index >= 15 is 0 Å². The number of benzene rings is 1. The van der Waals surface area contributed by atoms with E-state index in [0.717, 1.165) is 4.99 Å². The molecule has 4 heteroatoms. The maximum atomic E-state index is 6.25. The van der Waals surface area contributed by atoms with Gasteiger partial charge in [-0.15, -0.1) is 0 Å². The summed E-state index contributed by atoms with van der Waals surface area (Å²) in [5.74, 6) is 1.20. The topological polar surface area (TPSA) is 18.8 Å². The van der Waals surface area contributed by atoms with Crippen LogP contribution in [0.4, 0.5) is 5.69 Å². The molecule has 0 N–H and O–H groups in total. The summed E-state index contributed by atoms with van der Waals surface area (Å²) in [5, 5.41) is 0. The number of anilines is 1. The number of para-hydroxylation sites is 1. The van der Waals surface area contributed by atoms with Gasteiger partial charge in [-0.05, 0) is 71.7 Å². The Hall–Kier alpha value is -1.26. The molecule has 1 aliphatic carbocycles. The fourth-order valence-corrected chi connectivity index (χ4v) is 5.79. The molecule has 1 unspecified atom stereocenters. The third-order valence-electron chi connectivity index (χ3n) is 6.34. The van der Waals surface area contributed by atoms with Crippen LogP contribution in [0.5, 0.6) is 0 Å². The lowest BCUT2D eigenvalue weighted by molar-refractivity contribution is 0.154. The van der Waals surface area contributed by atoms with E-state index < -0.39 is 0 Å². The number of likely N-dealkylation sites (tertiary alicyclic amines) is 1. The molecule has 2 saturated heterocycles. The molecule has 2 aliphatic heterocycles. The first kappa shape index (κ1) is 19.1. The molecule has 1 aromatic rings. The van der Waals surface area contributed by atoms with E-state index in [4.69, 9.17) is 17.2 Å². The maximum absolute atomic E-state index is 6.25. The molecule has 3 aliphatic rings. The first-order chi connectivity index (χ1) is 12.9. The summed E-state index contributed by atoms with van der Waals surface area (Å²) < 4.78 is 0. The SMILES string of the molecule is CC(C)(C)N=C1C(N2CCCC2)C2(CCCCC2)C(=S)N1c1ccccc1. The molecule has 2 heterocycles. The number of aliphatic imine (C=N–C) groups is 1. The van der Waals surface area contributed by atoms with E-state index in [0.29, 0.717) is 6.04 Å². The summed E-state index contributed by atoms with van der Waals surface area (Å²) in [4.78, 5) is 11.5. The molecular formula is C23H33N3S. The second kappa shape index (κ2) is 7.29. The minimum absolute atomic E-state index is 0.0812. The van der Waals surface area contributed by atoms with E-state index in [1.54, 1.807) is 0 Å². The molecule has 0 radical (unpaired) electrons. The van der Waals surface area contributed by atoms with Gasteiger partial charge >= 0.3 is 0 Å². The van der Waals surface area contributed by atoms with Gasteiger partial charge in [0.25, 0.3) is 0 Å². The van der Waals surface area contributed by atoms with Crippen LogP contribution in [0, 0.1) is 5.41 Å². The van der Waals surface area contributed by atoms with Crippen molar-refractivity contribution in [2.75, 3.05) is 18.0 Å². The Morgan fingerprint density at radius 2 is 1.59 bits per heavy atom. The van der Waals surface area contributed by atoms with Crippen molar-refractivity contribution >= 4 is 28.7 Å². The smallest absolute Gasteiger partial charge is 0.127 e. The molecule has 4 rings (SSSR count). The summed E-state index contributed by atoms with van der Waals surface area (Å²) in [7, 11) is 0. The van der Waals surface area contributed by atoms with Crippen LogP contribution in [0.2, 0.25) is 0 Å². The van der Waals surface area contributed by atoms with Crippen LogP contribution in [0.3, 0.4) is 0 Å². The average Bonchev–Trinajstić information content (AvgIpc) is 3.22. The fraction of sp³-hybridized carbons (Fsp3) is 0.652. The van der Waals surface area contributed by atoms with Crippen LogP contribution in [-0.2, 0) is 0 Å². The second-order valence-corrected chi connectivity index (χ2v) is 9.87. The summed E-state index contributed by atoms with van der Waals surface area (Å²) in [6, 6.07) is 11.0. The first-order valence-electron chi connectivity index (χ1n) is 10.7. The quantitative estimate of drug-likeness (QED) is 0.633. The van der Waals surface area contributed by atoms with Crippen molar-refractivity contribution in [3.05, 3.63) is 30.3 Å². The number of rotatable bonds is 2. The van der Waals surface area contributed by atoms with Crippen molar-refractivity contribution < 1.29 is 0 Å². The Balaban J connectivity index is 1.88. The molecule has 1 saturated carbocycles. The Bertz CT molecular complexity index is 707. The van der Waals surface area contributed by atoms with E-state index in [-0.39, 0.29) is 11.0 Å². The normalized spacial score (nSPS) is 27.8. The van der Waals surface area contributed by atoms with Gasteiger partial charge in [0, 0.05) is 11.1 Å². The lowest BCUT2D eigenvalue weighted by Gasteiger charge is -2.41. The van der Waals surface area contributed by atoms with Crippen molar-refractivity contribution in [2.45, 2.75) is 77.3 Å². The minimum atomic E-state index is -0.115. The molecule has 3 fully saturated rings. The van der Waals surface area contributed by atoms with Gasteiger partial charge in [-0.25, -0.2) is 0 Å². The van der Waals surface area contributed by atoms with Crippen LogP contribution < -0.4 is 4.90 Å². The number of nitrogens with zero attached hydrogens (tertiary/aromatic N) is 3. The van der Waals surface area contributed by atoms with Gasteiger partial charge in [0.15, 0.2) is 0 Å². The molecule has 0 amide bonds. The highest BCUT2D eigenvalue weighted by molar-refractivity contribution is 7.80. The largest absolute Gasteiger partial charge is 0.293 e. The van der Waals surface area contributed by atoms with Crippen molar-refractivity contribution in [2.24, 2.45) is 10.4 Å². The molecular weight excluding hydrogens is 350 g/mol. The first-order valence-corrected chi connectivity index (χ1v) is 11.1. The Kier molecular flexibility index (Phi) is 5.15. The van der Waals surface area contributed by atoms with Crippen molar-refractivity contribution in [1.29, 1.82) is 0 Å². The fourth-order valence-electron chi connectivity index (χ4n) is 5.28. The molecule has 146 valence electrons. The molecule has 1 atom stereocenters. The van der Waals surface area contributed by atoms with Crippen molar-refractivity contribution in [1.82, 2.24) is 4.90 Å². The second-order valence-electron chi connectivity index (χ2n) is 9.48. The van der Waals surface area contributed by atoms with Gasteiger partial charge in [-0.3, -0.25) is 14.8 Å². The summed E-state index contributed by atoms with van der Waals surface area (Å²) in [5.41, 5.74) is 1.14. The van der Waals surface area contributed by atoms with E-state index in [9.17, 15) is 0 Å². The van der Waals surface area contributed by atoms with Crippen molar-refractivity contribution in [3.63, 3.8) is 0 Å². The summed E-state index contributed by atoms with van der Waals surface area (Å²) in [6.45, 7) is 8.99. The molecule has 1 aromatic carbocycles. The highest BCUT2D eigenvalue weighted by atomic mass is 32.1. The lowest BCUT2D eigenvalue weighted by atomic mass is 9.70. The van der Waals surface area contributed by atoms with Gasteiger partial charge in [0.05, 0.1) is 16.6 Å². The van der Waals surface area contributed by atoms with E-state index in [1.807, 2.05) is 0 Å². The van der Waals surface area contributed by atoms with Crippen LogP contribution in [0.25, 0.3) is 0 Å². The predicted molar refractivity (Wildman–Crippen MR) is 119 cm³/mol. The zero-order valence-electron chi connectivity index (χ0n) is 17.1. The highest BCUT2D eigenvalue weighted by Gasteiger charge is 2.57. The zero-order chi connectivity index (χ0) is 19.1. The standard InChI is InChI=1S/C23H33N3S/c1-22(2,3)24-20-19(25-16-10-11-17-25)23(14-8-5-9-15-23)21(27)26(20)18-12-6-4-7-13-18/h4,6-7,12-13,19H,5,8-11,14-17H2,1-3H3. The molecule has 1 spiro atoms. The van der Waals surface area contributed by atoms with Crippen molar-refractivity contribution in [3.8, 4) is 0 Å². The van der Waals surface area contributed by atoms with Gasteiger partial charge in [0.1, 0.15) is 5.84 Å². The third kappa shape index (κ3) is 3.47. The Morgan fingerprint density at radius 3 is 2.19 bits per heavy atom. The zero-order valence-corrected chi connectivity index (χ0v) is 17.9. The summed E-state index contributed by atoms with van der Waals surface area (Å²) >= 11 is 6.25. The van der Waals surface area contributed by atoms with Gasteiger partial charge in [-0.1, -0.05) is 49.7 Å². The predicted octanol–water partition coefficient (Wildman–Crippen LogP) is 5.45. The monoisotopic (exact) mass is 383 g/mol. The van der Waals surface area contributed by atoms with E-state index in [2.05, 4.69) is 60.9 Å².